The molecule has 25 nitrogen and oxygen atoms in total. The number of rotatable bonds is 34. The summed E-state index contributed by atoms with van der Waals surface area (Å²) in [7, 11) is 20.5. The van der Waals surface area contributed by atoms with Gasteiger partial charge in [0.25, 0.3) is 5.91 Å². The van der Waals surface area contributed by atoms with E-state index in [2.05, 4.69) is 104 Å². The SMILES string of the molecule is CN(C)CCCOc1ccc(N)c(CC(=O)c2ccc(C(=O)Nc3cc(OCCCN(C)C)ccc3N)c3ccccc23)c1.CN(C)CCCOc1ccc(N)c(N)c1.CN(C)CCCOc1ccc2nc(-c3ccc(-c4nc5ccc(OCCCN(C)C)cc5[nH]4)c4ccccc34)[nH]c2c1.O=C(O)c1ccc(C(=O)O)c2ccccc12. The quantitative estimate of drug-likeness (QED) is 0.0103. The van der Waals surface area contributed by atoms with Crippen molar-refractivity contribution >= 4 is 106 Å². The molecule has 13 rings (SSSR count). The van der Waals surface area contributed by atoms with Crippen molar-refractivity contribution in [1.82, 2.24) is 44.4 Å². The molecule has 0 aliphatic rings. The summed E-state index contributed by atoms with van der Waals surface area (Å²) < 4.78 is 29.3. The van der Waals surface area contributed by atoms with E-state index in [0.29, 0.717) is 111 Å². The Balaban J connectivity index is 0.000000182. The highest BCUT2D eigenvalue weighted by atomic mass is 16.5. The van der Waals surface area contributed by atoms with E-state index in [4.69, 9.17) is 66.8 Å². The number of ether oxygens (including phenoxy) is 5. The number of imidazole rings is 2. The molecule has 612 valence electrons. The first-order valence-corrected chi connectivity index (χ1v) is 38.9. The summed E-state index contributed by atoms with van der Waals surface area (Å²) in [6.07, 6.45) is 4.83. The van der Waals surface area contributed by atoms with Crippen LogP contribution in [0.1, 0.15) is 79.1 Å². The normalized spacial score (nSPS) is 11.2. The lowest BCUT2D eigenvalue weighted by atomic mass is 9.94. The number of nitrogen functional groups attached to an aromatic ring is 4. The number of Topliss-reactive ketones (excluding diaryl/α,β-unsaturated/α-hetero) is 1. The molecule has 117 heavy (non-hydrogen) atoms. The van der Waals surface area contributed by atoms with E-state index in [0.717, 1.165) is 138 Å². The molecule has 2 aromatic heterocycles. The molecule has 0 unspecified atom stereocenters. The van der Waals surface area contributed by atoms with Gasteiger partial charge in [-0.25, -0.2) is 19.6 Å². The summed E-state index contributed by atoms with van der Waals surface area (Å²) in [5.74, 6) is 2.89. The minimum absolute atomic E-state index is 0.104. The van der Waals surface area contributed by atoms with Gasteiger partial charge >= 0.3 is 11.9 Å². The van der Waals surface area contributed by atoms with Crippen molar-refractivity contribution in [2.45, 2.75) is 38.5 Å². The molecule has 13 aromatic rings. The van der Waals surface area contributed by atoms with E-state index in [1.807, 2.05) is 121 Å². The average Bonchev–Trinajstić information content (AvgIpc) is 1.63. The molecule has 0 aliphatic heterocycles. The van der Waals surface area contributed by atoms with Crippen LogP contribution in [0.4, 0.5) is 28.4 Å². The van der Waals surface area contributed by atoms with Gasteiger partial charge in [-0.1, -0.05) is 72.8 Å². The van der Waals surface area contributed by atoms with Gasteiger partial charge in [-0.3, -0.25) is 9.59 Å². The summed E-state index contributed by atoms with van der Waals surface area (Å²) in [6.45, 7) is 8.04. The number of aromatic nitrogens is 4. The molecule has 2 heterocycles. The van der Waals surface area contributed by atoms with E-state index in [1.165, 1.54) is 12.1 Å². The number of carbonyl (C=O) groups is 4. The Morgan fingerprint density at radius 1 is 0.359 bits per heavy atom. The van der Waals surface area contributed by atoms with Crippen LogP contribution >= 0.6 is 0 Å². The number of anilines is 5. The molecule has 13 N–H and O–H groups in total. The third-order valence-electron chi connectivity index (χ3n) is 19.1. The largest absolute Gasteiger partial charge is 0.494 e. The Labute approximate surface area is 683 Å². The minimum atomic E-state index is -1.06. The molecule has 0 fully saturated rings. The zero-order chi connectivity index (χ0) is 83.7. The Hall–Kier alpha value is -12.8. The van der Waals surface area contributed by atoms with Gasteiger partial charge in [-0.15, -0.1) is 0 Å². The first-order valence-electron chi connectivity index (χ1n) is 38.9. The van der Waals surface area contributed by atoms with Gasteiger partial charge in [-0.05, 0) is 244 Å². The van der Waals surface area contributed by atoms with Crippen LogP contribution in [-0.4, -0.2) is 215 Å². The van der Waals surface area contributed by atoms with Gasteiger partial charge in [0.1, 0.15) is 40.4 Å². The van der Waals surface area contributed by atoms with Crippen LogP contribution < -0.4 is 51.9 Å². The summed E-state index contributed by atoms with van der Waals surface area (Å²) >= 11 is 0. The number of carbonyl (C=O) groups excluding carboxylic acids is 2. The number of fused-ring (bicyclic) bond motifs is 5. The Morgan fingerprint density at radius 2 is 0.692 bits per heavy atom. The standard InChI is InChI=1S/C35H43N5O4.C34H38N6O2.C12H8O4.C11H19N3O/c1-39(2)17-7-19-43-25-11-15-31(36)24(21-25)22-34(41)29-13-14-30(28-10-6-5-9-27(28)29)35(42)38-33-23-26(12-16-32(33)37)44-20-8-18-40(3)4;1-39(2)17-7-19-41-23-11-15-29-31(21-23)37-33(35-29)27-13-14-28(26-10-6-5-9-25(26)27)34-36-30-16-12-24(22-32(30)38-34)42-20-8-18-40(3)4;13-11(14)9-5-6-10(12(15)16)8-4-2-1-3-7(8)9;1-14(2)6-3-7-15-9-4-5-10(12)11(13)8-9/h5-6,9-16,21,23H,7-8,17-20,22,36-37H2,1-4H3,(H,38,42);5-6,9-16,21-22H,7-8,17-20H2,1-4H3,(H,35,37)(H,36,38);1-6H,(H,13,14)(H,15,16);4-5,8H,3,6-7,12-13H2,1-2H3. The molecule has 0 radical (unpaired) electrons. The number of ketones is 1. The summed E-state index contributed by atoms with van der Waals surface area (Å²) in [5, 5.41) is 25.3. The Bertz CT molecular complexity index is 5240. The van der Waals surface area contributed by atoms with Crippen LogP contribution in [0.5, 0.6) is 28.7 Å². The summed E-state index contributed by atoms with van der Waals surface area (Å²) in [4.78, 5) is 76.5. The van der Waals surface area contributed by atoms with Gasteiger partial charge in [0.15, 0.2) is 5.78 Å². The Kier molecular flexibility index (Phi) is 31.1. The van der Waals surface area contributed by atoms with Crippen LogP contribution in [0.25, 0.3) is 77.2 Å². The highest BCUT2D eigenvalue weighted by Gasteiger charge is 2.21. The van der Waals surface area contributed by atoms with Crippen molar-refractivity contribution in [2.24, 2.45) is 0 Å². The zero-order valence-electron chi connectivity index (χ0n) is 68.4. The zero-order valence-corrected chi connectivity index (χ0v) is 68.4. The molecule has 0 spiro atoms. The second-order valence-electron chi connectivity index (χ2n) is 29.7. The number of aromatic carboxylic acids is 2. The molecule has 11 aromatic carbocycles. The molecule has 0 bridgehead atoms. The van der Waals surface area contributed by atoms with Crippen molar-refractivity contribution in [3.8, 4) is 51.5 Å². The lowest BCUT2D eigenvalue weighted by Gasteiger charge is -2.15. The monoisotopic (exact) mass is 1580 g/mol. The van der Waals surface area contributed by atoms with Crippen LogP contribution in [0.2, 0.25) is 0 Å². The highest BCUT2D eigenvalue weighted by Crippen LogP contribution is 2.37. The highest BCUT2D eigenvalue weighted by molar-refractivity contribution is 6.18. The van der Waals surface area contributed by atoms with Crippen molar-refractivity contribution in [3.63, 3.8) is 0 Å². The molecule has 1 amide bonds. The van der Waals surface area contributed by atoms with Crippen LogP contribution in [-0.2, 0) is 6.42 Å². The number of carboxylic acid groups (broad SMARTS) is 2. The second-order valence-corrected chi connectivity index (χ2v) is 29.7. The number of aromatic amines is 2. The van der Waals surface area contributed by atoms with Crippen LogP contribution in [0.3, 0.4) is 0 Å². The summed E-state index contributed by atoms with van der Waals surface area (Å²) in [5.41, 5.74) is 34.0. The van der Waals surface area contributed by atoms with E-state index in [-0.39, 0.29) is 29.2 Å². The third kappa shape index (κ3) is 24.6. The molecular formula is C92H108N14O11. The second kappa shape index (κ2) is 42.0. The van der Waals surface area contributed by atoms with Gasteiger partial charge in [0.05, 0.1) is 89.0 Å². The summed E-state index contributed by atoms with van der Waals surface area (Å²) in [6, 6.07) is 60.7. The topological polar surface area (TPSA) is 345 Å². The lowest BCUT2D eigenvalue weighted by Crippen LogP contribution is -2.16. The van der Waals surface area contributed by atoms with Crippen molar-refractivity contribution in [1.29, 1.82) is 0 Å². The number of carboxylic acids is 2. The number of hydrogen-bond donors (Lipinski definition) is 9. The predicted octanol–water partition coefficient (Wildman–Crippen LogP) is 15.3. The van der Waals surface area contributed by atoms with Gasteiger partial charge in [0.2, 0.25) is 0 Å². The molecule has 0 saturated carbocycles. The third-order valence-corrected chi connectivity index (χ3v) is 19.1. The van der Waals surface area contributed by atoms with E-state index in [1.54, 1.807) is 72.8 Å². The van der Waals surface area contributed by atoms with E-state index >= 15 is 0 Å². The van der Waals surface area contributed by atoms with E-state index < -0.39 is 11.9 Å². The van der Waals surface area contributed by atoms with Crippen LogP contribution in [0, 0.1) is 0 Å². The molecule has 25 heteroatoms. The molecule has 0 saturated heterocycles. The molecular weight excluding hydrogens is 1480 g/mol. The maximum atomic E-state index is 13.6. The first-order chi connectivity index (χ1) is 56.3. The number of H-pyrrole nitrogens is 2. The van der Waals surface area contributed by atoms with Crippen molar-refractivity contribution in [2.75, 3.05) is 164 Å². The van der Waals surface area contributed by atoms with Crippen molar-refractivity contribution in [3.05, 3.63) is 228 Å². The number of hydrogen-bond acceptors (Lipinski definition) is 20. The van der Waals surface area contributed by atoms with Crippen molar-refractivity contribution < 1.29 is 53.1 Å². The number of amides is 1. The van der Waals surface area contributed by atoms with Gasteiger partial charge < -0.3 is 96.6 Å². The fraction of sp³-hybridized carbons (Fsp3) is 0.283. The number of nitrogens with zero attached hydrogens (tertiary/aromatic N) is 7. The Morgan fingerprint density at radius 3 is 1.09 bits per heavy atom. The smallest absolute Gasteiger partial charge is 0.336 e. The molecule has 0 aliphatic carbocycles. The number of nitrogens with two attached hydrogens (primary N) is 4. The number of nitrogens with one attached hydrogen (secondary N) is 3. The first kappa shape index (κ1) is 86.6. The minimum Gasteiger partial charge on any atom is -0.494 e. The van der Waals surface area contributed by atoms with E-state index in [9.17, 15) is 19.2 Å². The maximum Gasteiger partial charge on any atom is 0.336 e. The fourth-order valence-electron chi connectivity index (χ4n) is 13.0. The average molecular weight is 1590 g/mol. The fourth-order valence-corrected chi connectivity index (χ4v) is 13.0. The number of benzene rings is 11. The lowest BCUT2D eigenvalue weighted by molar-refractivity contribution is 0.0684. The van der Waals surface area contributed by atoms with Gasteiger partial charge in [-0.2, -0.15) is 0 Å². The van der Waals surface area contributed by atoms with Gasteiger partial charge in [0, 0.05) is 91.4 Å². The predicted molar refractivity (Wildman–Crippen MR) is 472 cm³/mol. The van der Waals surface area contributed by atoms with Crippen LogP contribution in [0.15, 0.2) is 200 Å². The maximum absolute atomic E-state index is 13.6. The molecule has 0 atom stereocenters.